The van der Waals surface area contributed by atoms with Gasteiger partial charge in [-0.25, -0.2) is 9.97 Å². The van der Waals surface area contributed by atoms with Gasteiger partial charge in [0.15, 0.2) is 11.5 Å². The molecule has 0 bridgehead atoms. The van der Waals surface area contributed by atoms with Crippen LogP contribution in [0.1, 0.15) is 12.8 Å². The van der Waals surface area contributed by atoms with Gasteiger partial charge in [0.05, 0.1) is 35.7 Å². The van der Waals surface area contributed by atoms with E-state index in [1.165, 1.54) is 7.11 Å². The highest BCUT2D eigenvalue weighted by molar-refractivity contribution is 6.32. The summed E-state index contributed by atoms with van der Waals surface area (Å²) in [7, 11) is 1.49. The van der Waals surface area contributed by atoms with E-state index in [0.29, 0.717) is 11.7 Å². The van der Waals surface area contributed by atoms with Crippen LogP contribution >= 0.6 is 11.6 Å². The molecule has 2 aromatic heterocycles. The highest BCUT2D eigenvalue weighted by Crippen LogP contribution is 2.39. The number of nitrogens with two attached hydrogens (primary N) is 1. The number of piperidine rings is 1. The Morgan fingerprint density at radius 3 is 2.71 bits per heavy atom. The quantitative estimate of drug-likeness (QED) is 0.379. The van der Waals surface area contributed by atoms with Crippen molar-refractivity contribution in [2.75, 3.05) is 30.4 Å². The molecule has 174 valence electrons. The van der Waals surface area contributed by atoms with E-state index in [4.69, 9.17) is 22.1 Å². The molecule has 4 aromatic rings. The molecule has 0 spiro atoms. The number of aromatic hydroxyl groups is 1. The molecular formula is C25H25ClN6O2. The zero-order valence-corrected chi connectivity index (χ0v) is 19.5. The fraction of sp³-hybridized carbons (Fsp3) is 0.240. The van der Waals surface area contributed by atoms with Crippen LogP contribution in [-0.2, 0) is 0 Å². The van der Waals surface area contributed by atoms with Crippen molar-refractivity contribution in [1.82, 2.24) is 15.0 Å². The number of methoxy groups -OCH3 is 1. The monoisotopic (exact) mass is 476 g/mol. The van der Waals surface area contributed by atoms with Crippen LogP contribution in [0.4, 0.5) is 17.3 Å². The number of nitrogens with zero attached hydrogens (tertiary/aromatic N) is 4. The van der Waals surface area contributed by atoms with Gasteiger partial charge in [0.1, 0.15) is 0 Å². The predicted molar refractivity (Wildman–Crippen MR) is 135 cm³/mol. The first-order valence-corrected chi connectivity index (χ1v) is 11.4. The number of phenols is 1. The molecule has 0 saturated carbocycles. The Hall–Kier alpha value is -3.62. The third kappa shape index (κ3) is 4.42. The van der Waals surface area contributed by atoms with Gasteiger partial charge in [-0.1, -0.05) is 17.7 Å². The molecule has 1 fully saturated rings. The van der Waals surface area contributed by atoms with Crippen molar-refractivity contribution in [2.45, 2.75) is 18.9 Å². The van der Waals surface area contributed by atoms with Crippen molar-refractivity contribution in [1.29, 1.82) is 0 Å². The first kappa shape index (κ1) is 22.2. The number of hydrogen-bond donors (Lipinski definition) is 3. The van der Waals surface area contributed by atoms with Gasteiger partial charge in [-0.05, 0) is 54.3 Å². The number of halogens is 1. The van der Waals surface area contributed by atoms with Gasteiger partial charge in [-0.3, -0.25) is 4.98 Å². The molecule has 1 unspecified atom stereocenters. The average molecular weight is 477 g/mol. The number of anilines is 3. The van der Waals surface area contributed by atoms with E-state index in [1.807, 2.05) is 24.3 Å². The fourth-order valence-electron chi connectivity index (χ4n) is 4.23. The minimum absolute atomic E-state index is 0.0762. The summed E-state index contributed by atoms with van der Waals surface area (Å²) < 4.78 is 5.25. The van der Waals surface area contributed by atoms with E-state index in [1.54, 1.807) is 30.7 Å². The zero-order valence-electron chi connectivity index (χ0n) is 18.7. The van der Waals surface area contributed by atoms with Crippen LogP contribution in [0.25, 0.3) is 22.0 Å². The number of pyridine rings is 1. The highest BCUT2D eigenvalue weighted by Gasteiger charge is 2.19. The number of rotatable bonds is 5. The second-order valence-corrected chi connectivity index (χ2v) is 8.75. The maximum Gasteiger partial charge on any atom is 0.225 e. The molecule has 2 aromatic carbocycles. The topological polar surface area (TPSA) is 109 Å². The van der Waals surface area contributed by atoms with Crippen molar-refractivity contribution in [3.05, 3.63) is 60.0 Å². The van der Waals surface area contributed by atoms with Gasteiger partial charge < -0.3 is 25.8 Å². The third-order valence-corrected chi connectivity index (χ3v) is 6.27. The van der Waals surface area contributed by atoms with Crippen LogP contribution < -0.4 is 20.7 Å². The molecule has 0 aliphatic carbocycles. The van der Waals surface area contributed by atoms with Gasteiger partial charge in [0.25, 0.3) is 0 Å². The predicted octanol–water partition coefficient (Wildman–Crippen LogP) is 4.73. The normalized spacial score (nSPS) is 16.0. The van der Waals surface area contributed by atoms with Crippen molar-refractivity contribution in [3.63, 3.8) is 0 Å². The molecule has 9 heteroatoms. The van der Waals surface area contributed by atoms with E-state index in [9.17, 15) is 5.11 Å². The van der Waals surface area contributed by atoms with E-state index < -0.39 is 0 Å². The summed E-state index contributed by atoms with van der Waals surface area (Å²) in [6.07, 6.45) is 7.41. The minimum Gasteiger partial charge on any atom is -0.503 e. The Kier molecular flexibility index (Phi) is 6.08. The maximum atomic E-state index is 10.1. The lowest BCUT2D eigenvalue weighted by Gasteiger charge is -2.30. The van der Waals surface area contributed by atoms with Gasteiger partial charge >= 0.3 is 0 Å². The summed E-state index contributed by atoms with van der Waals surface area (Å²) in [5.41, 5.74) is 10.3. The molecule has 1 aliphatic heterocycles. The number of nitrogens with one attached hydrogen (secondary N) is 1. The number of benzene rings is 2. The van der Waals surface area contributed by atoms with Crippen LogP contribution in [0.15, 0.2) is 55.0 Å². The van der Waals surface area contributed by atoms with E-state index in [0.717, 1.165) is 59.3 Å². The second kappa shape index (κ2) is 9.32. The van der Waals surface area contributed by atoms with Crippen LogP contribution in [0, 0.1) is 0 Å². The smallest absolute Gasteiger partial charge is 0.225 e. The van der Waals surface area contributed by atoms with Crippen LogP contribution in [0.5, 0.6) is 11.5 Å². The number of aromatic nitrogens is 3. The summed E-state index contributed by atoms with van der Waals surface area (Å²) in [5, 5.41) is 14.6. The molecule has 1 atom stereocenters. The number of phenolic OH excluding ortho intramolecular Hbond substituents is 1. The molecule has 4 N–H and O–H groups in total. The molecular weight excluding hydrogens is 452 g/mol. The first-order valence-electron chi connectivity index (χ1n) is 11.1. The zero-order chi connectivity index (χ0) is 23.7. The van der Waals surface area contributed by atoms with Crippen LogP contribution in [0.3, 0.4) is 0 Å². The Morgan fingerprint density at radius 2 is 1.94 bits per heavy atom. The third-order valence-electron chi connectivity index (χ3n) is 5.98. The number of ether oxygens (including phenoxy) is 1. The lowest BCUT2D eigenvalue weighted by atomic mass is 10.0. The Balaban J connectivity index is 1.45. The molecule has 34 heavy (non-hydrogen) atoms. The molecule has 0 amide bonds. The Bertz CT molecular complexity index is 1330. The average Bonchev–Trinajstić information content (AvgIpc) is 2.86. The highest BCUT2D eigenvalue weighted by atomic mass is 35.5. The maximum absolute atomic E-state index is 10.1. The molecule has 8 nitrogen and oxygen atoms in total. The van der Waals surface area contributed by atoms with Gasteiger partial charge in [-0.2, -0.15) is 0 Å². The van der Waals surface area contributed by atoms with Gasteiger partial charge in [-0.15, -0.1) is 0 Å². The fourth-order valence-corrected chi connectivity index (χ4v) is 4.44. The van der Waals surface area contributed by atoms with Crippen LogP contribution in [-0.4, -0.2) is 46.3 Å². The number of fused-ring (bicyclic) bond motifs is 1. The molecule has 1 saturated heterocycles. The molecule has 1 aliphatic rings. The van der Waals surface area contributed by atoms with E-state index in [2.05, 4.69) is 25.2 Å². The largest absolute Gasteiger partial charge is 0.503 e. The van der Waals surface area contributed by atoms with Gasteiger partial charge in [0.2, 0.25) is 5.95 Å². The minimum atomic E-state index is -0.0762. The summed E-state index contributed by atoms with van der Waals surface area (Å²) in [6, 6.07) is 11.5. The molecule has 5 rings (SSSR count). The van der Waals surface area contributed by atoms with E-state index >= 15 is 0 Å². The number of hydrogen-bond acceptors (Lipinski definition) is 8. The summed E-state index contributed by atoms with van der Waals surface area (Å²) >= 11 is 6.20. The summed E-state index contributed by atoms with van der Waals surface area (Å²) in [4.78, 5) is 15.7. The standard InChI is InChI=1S/C25H25ClN6O2/c1-34-23-11-16(10-20(26)24(23)33)15-4-5-21-19(9-15)22(6-7-28-21)31-18-12-29-25(30-13-18)32-8-2-3-17(27)14-32/h4-7,9-13,17,33H,2-3,8,14,27H2,1H3,(H,28,31). The Labute approximate surface area is 202 Å². The lowest BCUT2D eigenvalue weighted by molar-refractivity contribution is 0.374. The van der Waals surface area contributed by atoms with E-state index in [-0.39, 0.29) is 16.8 Å². The van der Waals surface area contributed by atoms with Gasteiger partial charge in [0, 0.05) is 36.4 Å². The SMILES string of the molecule is COc1cc(-c2ccc3nccc(Nc4cnc(N5CCCC(N)C5)nc4)c3c2)cc(Cl)c1O. The van der Waals surface area contributed by atoms with Crippen molar-refractivity contribution in [2.24, 2.45) is 5.73 Å². The van der Waals surface area contributed by atoms with Crippen molar-refractivity contribution >= 4 is 39.8 Å². The Morgan fingerprint density at radius 1 is 1.12 bits per heavy atom. The lowest BCUT2D eigenvalue weighted by Crippen LogP contribution is -2.43. The van der Waals surface area contributed by atoms with Crippen molar-refractivity contribution < 1.29 is 9.84 Å². The van der Waals surface area contributed by atoms with Crippen LogP contribution in [0.2, 0.25) is 5.02 Å². The summed E-state index contributed by atoms with van der Waals surface area (Å²) in [5.74, 6) is 0.937. The first-order chi connectivity index (χ1) is 16.5. The van der Waals surface area contributed by atoms with Crippen molar-refractivity contribution in [3.8, 4) is 22.6 Å². The molecule has 0 radical (unpaired) electrons. The molecule has 3 heterocycles. The summed E-state index contributed by atoms with van der Waals surface area (Å²) in [6.45, 7) is 1.70. The second-order valence-electron chi connectivity index (χ2n) is 8.34.